The van der Waals surface area contributed by atoms with Gasteiger partial charge in [-0.3, -0.25) is 14.6 Å². The molecule has 2 amide bonds. The van der Waals surface area contributed by atoms with E-state index in [9.17, 15) is 14.4 Å². The van der Waals surface area contributed by atoms with Crippen LogP contribution in [0.1, 0.15) is 30.4 Å². The molecule has 0 saturated carbocycles. The maximum atomic E-state index is 12.3. The van der Waals surface area contributed by atoms with Crippen LogP contribution in [0.5, 0.6) is 0 Å². The first-order valence-electron chi connectivity index (χ1n) is 7.21. The van der Waals surface area contributed by atoms with Crippen LogP contribution in [-0.4, -0.2) is 32.8 Å². The van der Waals surface area contributed by atoms with Gasteiger partial charge in [0.05, 0.1) is 17.3 Å². The third-order valence-corrected chi connectivity index (χ3v) is 4.57. The second-order valence-electron chi connectivity index (χ2n) is 5.10. The van der Waals surface area contributed by atoms with Gasteiger partial charge in [-0.05, 0) is 24.3 Å². The molecule has 0 N–H and O–H groups in total. The number of carbonyl (C=O) groups excluding carboxylic acids is 3. The van der Waals surface area contributed by atoms with E-state index in [0.717, 1.165) is 16.9 Å². The van der Waals surface area contributed by atoms with Crippen molar-refractivity contribution in [3.8, 4) is 10.6 Å². The molecule has 1 aliphatic rings. The van der Waals surface area contributed by atoms with Gasteiger partial charge in [0, 0.05) is 18.0 Å². The summed E-state index contributed by atoms with van der Waals surface area (Å²) < 4.78 is 0. The Morgan fingerprint density at radius 3 is 2.36 bits per heavy atom. The minimum atomic E-state index is -0.817. The first-order valence-corrected chi connectivity index (χ1v) is 8.03. The Labute approximate surface area is 145 Å². The van der Waals surface area contributed by atoms with Crippen molar-refractivity contribution in [2.24, 2.45) is 0 Å². The van der Waals surface area contributed by atoms with Crippen molar-refractivity contribution in [1.82, 2.24) is 15.0 Å². The summed E-state index contributed by atoms with van der Waals surface area (Å²) in [5, 5.41) is 1.07. The zero-order valence-corrected chi connectivity index (χ0v) is 13.4. The number of pyridine rings is 1. The number of fused-ring (bicyclic) bond motifs is 1. The number of hydrogen-bond donors (Lipinski definition) is 0. The minimum absolute atomic E-state index is 0.176. The van der Waals surface area contributed by atoms with Crippen molar-refractivity contribution in [1.29, 1.82) is 0 Å². The van der Waals surface area contributed by atoms with Gasteiger partial charge in [0.2, 0.25) is 0 Å². The van der Waals surface area contributed by atoms with Crippen LogP contribution in [0.4, 0.5) is 0 Å². The summed E-state index contributed by atoms with van der Waals surface area (Å²) in [7, 11) is 0. The maximum absolute atomic E-state index is 12.3. The van der Waals surface area contributed by atoms with Gasteiger partial charge in [-0.15, -0.1) is 11.3 Å². The fraction of sp³-hybridized carbons (Fsp3) is 0. The van der Waals surface area contributed by atoms with Crippen LogP contribution in [0, 0.1) is 0 Å². The molecule has 0 bridgehead atoms. The minimum Gasteiger partial charge on any atom is -0.323 e. The van der Waals surface area contributed by atoms with E-state index in [2.05, 4.69) is 9.97 Å². The molecule has 0 unspecified atom stereocenters. The summed E-state index contributed by atoms with van der Waals surface area (Å²) in [6.07, 6.45) is 4.60. The predicted molar refractivity (Wildman–Crippen MR) is 87.7 cm³/mol. The number of hydroxylamine groups is 2. The lowest BCUT2D eigenvalue weighted by Crippen LogP contribution is -2.32. The summed E-state index contributed by atoms with van der Waals surface area (Å²) in [5.41, 5.74) is 1.17. The molecule has 3 aromatic rings. The second kappa shape index (κ2) is 5.91. The molecule has 122 valence electrons. The van der Waals surface area contributed by atoms with Crippen LogP contribution in [0.2, 0.25) is 0 Å². The van der Waals surface area contributed by atoms with E-state index < -0.39 is 17.8 Å². The highest BCUT2D eigenvalue weighted by atomic mass is 32.1. The van der Waals surface area contributed by atoms with Crippen molar-refractivity contribution >= 4 is 29.1 Å². The Balaban J connectivity index is 1.55. The highest BCUT2D eigenvalue weighted by molar-refractivity contribution is 7.16. The third-order valence-electron chi connectivity index (χ3n) is 3.55. The van der Waals surface area contributed by atoms with Crippen LogP contribution >= 0.6 is 11.3 Å². The highest BCUT2D eigenvalue weighted by Gasteiger charge is 2.39. The van der Waals surface area contributed by atoms with Crippen LogP contribution in [0.3, 0.4) is 0 Å². The Hall–Kier alpha value is -3.39. The van der Waals surface area contributed by atoms with E-state index in [0.29, 0.717) is 10.1 Å². The molecule has 8 heteroatoms. The number of carbonyl (C=O) groups is 3. The molecule has 2 aromatic heterocycles. The normalized spacial score (nSPS) is 13.0. The van der Waals surface area contributed by atoms with Crippen molar-refractivity contribution in [3.63, 3.8) is 0 Å². The van der Waals surface area contributed by atoms with Gasteiger partial charge < -0.3 is 4.84 Å². The standard InChI is InChI=1S/C17H9N3O4S/c21-15-11-5-1-2-6-12(11)16(22)20(15)24-17(23)13-9-19-14(25-13)10-4-3-7-18-8-10/h1-9H. The van der Waals surface area contributed by atoms with E-state index >= 15 is 0 Å². The fourth-order valence-corrected chi connectivity index (χ4v) is 3.15. The van der Waals surface area contributed by atoms with Gasteiger partial charge in [-0.2, -0.15) is 0 Å². The van der Waals surface area contributed by atoms with E-state index in [1.165, 1.54) is 18.3 Å². The van der Waals surface area contributed by atoms with E-state index in [1.807, 2.05) is 6.07 Å². The van der Waals surface area contributed by atoms with E-state index in [1.54, 1.807) is 30.6 Å². The van der Waals surface area contributed by atoms with Crippen molar-refractivity contribution < 1.29 is 19.2 Å². The monoisotopic (exact) mass is 351 g/mol. The Morgan fingerprint density at radius 2 is 1.72 bits per heavy atom. The Kier molecular flexibility index (Phi) is 3.58. The molecule has 0 aliphatic carbocycles. The van der Waals surface area contributed by atoms with Crippen LogP contribution in [0.15, 0.2) is 55.0 Å². The summed E-state index contributed by atoms with van der Waals surface area (Å²) in [6, 6.07) is 9.86. The van der Waals surface area contributed by atoms with E-state index in [4.69, 9.17) is 4.84 Å². The molecule has 0 atom stereocenters. The molecular weight excluding hydrogens is 342 g/mol. The molecule has 4 rings (SSSR count). The molecule has 0 spiro atoms. The van der Waals surface area contributed by atoms with Gasteiger partial charge in [0.25, 0.3) is 11.8 Å². The number of benzene rings is 1. The average Bonchev–Trinajstić information content (AvgIpc) is 3.23. The second-order valence-corrected chi connectivity index (χ2v) is 6.13. The zero-order chi connectivity index (χ0) is 17.4. The number of thiazole rings is 1. The zero-order valence-electron chi connectivity index (χ0n) is 12.6. The molecule has 0 radical (unpaired) electrons. The third kappa shape index (κ3) is 2.58. The van der Waals surface area contributed by atoms with Gasteiger partial charge in [-0.1, -0.05) is 17.2 Å². The van der Waals surface area contributed by atoms with Gasteiger partial charge >= 0.3 is 5.97 Å². The lowest BCUT2D eigenvalue weighted by Gasteiger charge is -2.11. The molecule has 3 heterocycles. The molecular formula is C17H9N3O4S. The van der Waals surface area contributed by atoms with Gasteiger partial charge in [0.1, 0.15) is 9.88 Å². The molecule has 7 nitrogen and oxygen atoms in total. The number of nitrogens with zero attached hydrogens (tertiary/aromatic N) is 3. The topological polar surface area (TPSA) is 89.5 Å². The smallest absolute Gasteiger partial charge is 0.323 e. The number of rotatable bonds is 3. The number of hydrogen-bond acceptors (Lipinski definition) is 7. The lowest BCUT2D eigenvalue weighted by atomic mass is 10.1. The quantitative estimate of drug-likeness (QED) is 0.674. The molecule has 1 aliphatic heterocycles. The fourth-order valence-electron chi connectivity index (χ4n) is 2.37. The summed E-state index contributed by atoms with van der Waals surface area (Å²) in [5.74, 6) is -2.14. The number of amides is 2. The van der Waals surface area contributed by atoms with Crippen LogP contribution in [-0.2, 0) is 4.84 Å². The molecule has 1 aromatic carbocycles. The SMILES string of the molecule is O=C(ON1C(=O)c2ccccc2C1=O)c1cnc(-c2cccnc2)s1. The number of aromatic nitrogens is 2. The summed E-state index contributed by atoms with van der Waals surface area (Å²) in [6.45, 7) is 0. The first kappa shape index (κ1) is 15.2. The highest BCUT2D eigenvalue weighted by Crippen LogP contribution is 2.27. The summed E-state index contributed by atoms with van der Waals surface area (Å²) >= 11 is 1.09. The predicted octanol–water partition coefficient (Wildman–Crippen LogP) is 2.57. The van der Waals surface area contributed by atoms with Crippen molar-refractivity contribution in [2.45, 2.75) is 0 Å². The molecule has 0 fully saturated rings. The molecule has 0 saturated heterocycles. The van der Waals surface area contributed by atoms with Gasteiger partial charge in [-0.25, -0.2) is 9.78 Å². The molecule has 25 heavy (non-hydrogen) atoms. The first-order chi connectivity index (χ1) is 12.1. The van der Waals surface area contributed by atoms with Crippen LogP contribution in [0.25, 0.3) is 10.6 Å². The van der Waals surface area contributed by atoms with Crippen LogP contribution < -0.4 is 0 Å². The average molecular weight is 351 g/mol. The van der Waals surface area contributed by atoms with Gasteiger partial charge in [0.15, 0.2) is 0 Å². The lowest BCUT2D eigenvalue weighted by molar-refractivity contribution is -0.0581. The summed E-state index contributed by atoms with van der Waals surface area (Å²) in [4.78, 5) is 50.0. The van der Waals surface area contributed by atoms with Crippen molar-refractivity contribution in [2.75, 3.05) is 0 Å². The Bertz CT molecular complexity index is 965. The maximum Gasteiger partial charge on any atom is 0.375 e. The van der Waals surface area contributed by atoms with Crippen molar-refractivity contribution in [3.05, 3.63) is 71.0 Å². The largest absolute Gasteiger partial charge is 0.375 e. The number of imide groups is 1. The van der Waals surface area contributed by atoms with E-state index in [-0.39, 0.29) is 16.0 Å². The Morgan fingerprint density at radius 1 is 1.00 bits per heavy atom.